The summed E-state index contributed by atoms with van der Waals surface area (Å²) < 4.78 is 12.9. The smallest absolute Gasteiger partial charge is 0.184 e. The van der Waals surface area contributed by atoms with Gasteiger partial charge in [0.2, 0.25) is 0 Å². The van der Waals surface area contributed by atoms with Crippen molar-refractivity contribution in [3.8, 4) is 0 Å². The SMILES string of the molecule is Cc1ccccc1Cc1n[nH]c(SCc2ccc(F)cc2)n1. The highest BCUT2D eigenvalue weighted by molar-refractivity contribution is 7.98. The third kappa shape index (κ3) is 3.74. The van der Waals surface area contributed by atoms with Crippen LogP contribution < -0.4 is 0 Å². The summed E-state index contributed by atoms with van der Waals surface area (Å²) in [5.41, 5.74) is 3.53. The van der Waals surface area contributed by atoms with Gasteiger partial charge in [0.15, 0.2) is 11.0 Å². The van der Waals surface area contributed by atoms with Crippen LogP contribution in [0, 0.1) is 12.7 Å². The lowest BCUT2D eigenvalue weighted by molar-refractivity contribution is 0.627. The van der Waals surface area contributed by atoms with E-state index in [0.717, 1.165) is 28.7 Å². The molecule has 5 heteroatoms. The highest BCUT2D eigenvalue weighted by atomic mass is 32.2. The van der Waals surface area contributed by atoms with Gasteiger partial charge >= 0.3 is 0 Å². The summed E-state index contributed by atoms with van der Waals surface area (Å²) in [7, 11) is 0. The molecular formula is C17H16FN3S. The van der Waals surface area contributed by atoms with Gasteiger partial charge < -0.3 is 0 Å². The Morgan fingerprint density at radius 1 is 1.09 bits per heavy atom. The Hall–Kier alpha value is -2.14. The summed E-state index contributed by atoms with van der Waals surface area (Å²) in [6, 6.07) is 14.8. The van der Waals surface area contributed by atoms with Gasteiger partial charge in [-0.2, -0.15) is 5.10 Å². The van der Waals surface area contributed by atoms with Gasteiger partial charge in [0, 0.05) is 12.2 Å². The number of thioether (sulfide) groups is 1. The minimum atomic E-state index is -0.214. The van der Waals surface area contributed by atoms with E-state index >= 15 is 0 Å². The van der Waals surface area contributed by atoms with Crippen molar-refractivity contribution in [1.29, 1.82) is 0 Å². The van der Waals surface area contributed by atoms with Crippen LogP contribution in [0.2, 0.25) is 0 Å². The Morgan fingerprint density at radius 2 is 1.86 bits per heavy atom. The highest BCUT2D eigenvalue weighted by Crippen LogP contribution is 2.20. The van der Waals surface area contributed by atoms with Gasteiger partial charge in [-0.25, -0.2) is 9.37 Å². The maximum absolute atomic E-state index is 12.9. The number of halogens is 1. The number of hydrogen-bond acceptors (Lipinski definition) is 3. The van der Waals surface area contributed by atoms with Gasteiger partial charge in [-0.3, -0.25) is 5.10 Å². The molecule has 3 aromatic rings. The van der Waals surface area contributed by atoms with Crippen molar-refractivity contribution in [2.24, 2.45) is 0 Å². The number of aromatic nitrogens is 3. The Balaban J connectivity index is 1.61. The summed E-state index contributed by atoms with van der Waals surface area (Å²) in [6.07, 6.45) is 0.723. The van der Waals surface area contributed by atoms with Crippen LogP contribution in [0.15, 0.2) is 53.7 Å². The van der Waals surface area contributed by atoms with E-state index in [-0.39, 0.29) is 5.82 Å². The van der Waals surface area contributed by atoms with Crippen LogP contribution in [0.5, 0.6) is 0 Å². The molecule has 3 rings (SSSR count). The summed E-state index contributed by atoms with van der Waals surface area (Å²) >= 11 is 1.56. The van der Waals surface area contributed by atoms with Gasteiger partial charge in [0.05, 0.1) is 0 Å². The quantitative estimate of drug-likeness (QED) is 0.720. The number of benzene rings is 2. The second-order valence-corrected chi connectivity index (χ2v) is 6.04. The van der Waals surface area contributed by atoms with Crippen molar-refractivity contribution in [3.63, 3.8) is 0 Å². The average molecular weight is 313 g/mol. The second-order valence-electron chi connectivity index (χ2n) is 5.08. The summed E-state index contributed by atoms with van der Waals surface area (Å²) in [5, 5.41) is 8.00. The molecule has 0 fully saturated rings. The van der Waals surface area contributed by atoms with E-state index in [1.807, 2.05) is 12.1 Å². The fourth-order valence-electron chi connectivity index (χ4n) is 2.13. The fourth-order valence-corrected chi connectivity index (χ4v) is 2.91. The van der Waals surface area contributed by atoms with Crippen LogP contribution in [0.25, 0.3) is 0 Å². The first-order valence-corrected chi connectivity index (χ1v) is 8.02. The van der Waals surface area contributed by atoms with Crippen LogP contribution >= 0.6 is 11.8 Å². The van der Waals surface area contributed by atoms with Crippen molar-refractivity contribution in [1.82, 2.24) is 15.2 Å². The van der Waals surface area contributed by atoms with Gasteiger partial charge in [-0.15, -0.1) is 0 Å². The van der Waals surface area contributed by atoms with E-state index < -0.39 is 0 Å². The van der Waals surface area contributed by atoms with E-state index in [1.54, 1.807) is 23.9 Å². The predicted octanol–water partition coefficient (Wildman–Crippen LogP) is 4.14. The summed E-state index contributed by atoms with van der Waals surface area (Å²) in [5.74, 6) is 1.31. The van der Waals surface area contributed by atoms with Crippen molar-refractivity contribution in [2.75, 3.05) is 0 Å². The van der Waals surface area contributed by atoms with Crippen LogP contribution in [-0.4, -0.2) is 15.2 Å². The third-order valence-electron chi connectivity index (χ3n) is 3.41. The molecule has 0 aliphatic carbocycles. The van der Waals surface area contributed by atoms with Gasteiger partial charge in [-0.1, -0.05) is 48.2 Å². The first kappa shape index (κ1) is 14.8. The molecule has 2 aromatic carbocycles. The molecular weight excluding hydrogens is 297 g/mol. The normalized spacial score (nSPS) is 10.8. The van der Waals surface area contributed by atoms with E-state index in [4.69, 9.17) is 0 Å². The molecule has 0 bridgehead atoms. The lowest BCUT2D eigenvalue weighted by Gasteiger charge is -2.01. The molecule has 0 unspecified atom stereocenters. The molecule has 0 saturated heterocycles. The number of rotatable bonds is 5. The van der Waals surface area contributed by atoms with Crippen LogP contribution in [0.3, 0.4) is 0 Å². The minimum absolute atomic E-state index is 0.214. The maximum Gasteiger partial charge on any atom is 0.184 e. The van der Waals surface area contributed by atoms with E-state index in [0.29, 0.717) is 0 Å². The minimum Gasteiger partial charge on any atom is -0.254 e. The van der Waals surface area contributed by atoms with E-state index in [2.05, 4.69) is 34.2 Å². The van der Waals surface area contributed by atoms with Crippen LogP contribution in [-0.2, 0) is 12.2 Å². The highest BCUT2D eigenvalue weighted by Gasteiger charge is 2.07. The standard InChI is InChI=1S/C17H16FN3S/c1-12-4-2-3-5-14(12)10-16-19-17(21-20-16)22-11-13-6-8-15(18)9-7-13/h2-9H,10-11H2,1H3,(H,19,20,21). The molecule has 0 aliphatic heterocycles. The lowest BCUT2D eigenvalue weighted by atomic mass is 10.1. The Bertz CT molecular complexity index is 753. The molecule has 0 amide bonds. The molecule has 0 atom stereocenters. The van der Waals surface area contributed by atoms with Crippen molar-refractivity contribution in [3.05, 3.63) is 76.9 Å². The Kier molecular flexibility index (Phi) is 4.53. The van der Waals surface area contributed by atoms with Gasteiger partial charge in [-0.05, 0) is 35.7 Å². The molecule has 3 nitrogen and oxygen atoms in total. The van der Waals surface area contributed by atoms with Gasteiger partial charge in [0.25, 0.3) is 0 Å². The zero-order valence-corrected chi connectivity index (χ0v) is 13.0. The summed E-state index contributed by atoms with van der Waals surface area (Å²) in [6.45, 7) is 2.09. The monoisotopic (exact) mass is 313 g/mol. The lowest BCUT2D eigenvalue weighted by Crippen LogP contribution is -1.93. The fraction of sp³-hybridized carbons (Fsp3) is 0.176. The van der Waals surface area contributed by atoms with E-state index in [1.165, 1.54) is 23.3 Å². The molecule has 0 saturated carbocycles. The van der Waals surface area contributed by atoms with Crippen LogP contribution in [0.1, 0.15) is 22.5 Å². The number of aryl methyl sites for hydroxylation is 1. The topological polar surface area (TPSA) is 41.6 Å². The molecule has 0 radical (unpaired) electrons. The van der Waals surface area contributed by atoms with Crippen molar-refractivity contribution in [2.45, 2.75) is 24.3 Å². The van der Waals surface area contributed by atoms with Gasteiger partial charge in [0.1, 0.15) is 5.82 Å². The Labute approximate surface area is 133 Å². The molecule has 0 aliphatic rings. The van der Waals surface area contributed by atoms with E-state index in [9.17, 15) is 4.39 Å². The molecule has 1 N–H and O–H groups in total. The molecule has 112 valence electrons. The van der Waals surface area contributed by atoms with Crippen molar-refractivity contribution >= 4 is 11.8 Å². The third-order valence-corrected chi connectivity index (χ3v) is 4.34. The maximum atomic E-state index is 12.9. The molecule has 22 heavy (non-hydrogen) atoms. The molecule has 0 spiro atoms. The van der Waals surface area contributed by atoms with Crippen LogP contribution in [0.4, 0.5) is 4.39 Å². The second kappa shape index (κ2) is 6.75. The van der Waals surface area contributed by atoms with Crippen molar-refractivity contribution < 1.29 is 4.39 Å². The number of hydrogen-bond donors (Lipinski definition) is 1. The predicted molar refractivity (Wildman–Crippen MR) is 86.3 cm³/mol. The zero-order valence-electron chi connectivity index (χ0n) is 12.2. The number of nitrogens with zero attached hydrogens (tertiary/aromatic N) is 2. The first-order valence-electron chi connectivity index (χ1n) is 7.04. The largest absolute Gasteiger partial charge is 0.254 e. The Morgan fingerprint density at radius 3 is 2.64 bits per heavy atom. The summed E-state index contributed by atoms with van der Waals surface area (Å²) in [4.78, 5) is 4.50. The molecule has 1 heterocycles. The average Bonchev–Trinajstić information content (AvgIpc) is 2.97. The number of H-pyrrole nitrogens is 1. The first-order chi connectivity index (χ1) is 10.7. The number of aromatic amines is 1. The molecule has 1 aromatic heterocycles. The number of nitrogens with one attached hydrogen (secondary N) is 1. The zero-order chi connectivity index (χ0) is 15.4.